The van der Waals surface area contributed by atoms with Gasteiger partial charge in [-0.1, -0.05) is 5.21 Å². The van der Waals surface area contributed by atoms with Crippen LogP contribution in [0.2, 0.25) is 0 Å². The molecule has 0 aliphatic carbocycles. The minimum absolute atomic E-state index is 0.0667. The average molecular weight is 140 g/mol. The summed E-state index contributed by atoms with van der Waals surface area (Å²) in [6, 6.07) is 0. The van der Waals surface area contributed by atoms with Crippen molar-refractivity contribution in [1.29, 1.82) is 0 Å². The van der Waals surface area contributed by atoms with Gasteiger partial charge in [-0.25, -0.2) is 0 Å². The fourth-order valence-electron chi connectivity index (χ4n) is 0.521. The van der Waals surface area contributed by atoms with Gasteiger partial charge in [0.15, 0.2) is 0 Å². The molecule has 1 heterocycles. The number of aryl methyl sites for hydroxylation is 1. The third-order valence-electron chi connectivity index (χ3n) is 0.979. The molecule has 0 atom stereocenters. The van der Waals surface area contributed by atoms with Gasteiger partial charge in [-0.05, 0) is 0 Å². The van der Waals surface area contributed by atoms with Crippen molar-refractivity contribution in [3.05, 3.63) is 12.4 Å². The lowest BCUT2D eigenvalue weighted by Gasteiger charge is -1.93. The molecule has 0 saturated heterocycles. The molecule has 0 unspecified atom stereocenters. The molecule has 5 heteroatoms. The lowest BCUT2D eigenvalue weighted by molar-refractivity contribution is -0.137. The molecule has 0 aliphatic rings. The summed E-state index contributed by atoms with van der Waals surface area (Å²) in [6.45, 7) is 0.353. The van der Waals surface area contributed by atoms with Crippen molar-refractivity contribution >= 4 is 5.97 Å². The molecule has 0 aliphatic heterocycles. The minimum Gasteiger partial charge on any atom is -0.481 e. The third kappa shape index (κ3) is 1.85. The monoisotopic (exact) mass is 140 g/mol. The number of carbonyl (C=O) groups is 1. The van der Waals surface area contributed by atoms with Crippen LogP contribution >= 0.6 is 0 Å². The second-order valence-electron chi connectivity index (χ2n) is 1.75. The lowest BCUT2D eigenvalue weighted by atomic mass is 10.4. The standard InChI is InChI=1S/C5H6N3O2/c9-5(10)1-3-8-4-2-6-7-8/h4H,1,3H2,(H,9,10). The summed E-state index contributed by atoms with van der Waals surface area (Å²) in [4.78, 5) is 10.0. The Hall–Kier alpha value is -1.39. The van der Waals surface area contributed by atoms with E-state index in [-0.39, 0.29) is 6.42 Å². The summed E-state index contributed by atoms with van der Waals surface area (Å²) < 4.78 is 1.42. The summed E-state index contributed by atoms with van der Waals surface area (Å²) in [7, 11) is 0. The highest BCUT2D eigenvalue weighted by atomic mass is 16.4. The zero-order valence-electron chi connectivity index (χ0n) is 5.19. The summed E-state index contributed by atoms with van der Waals surface area (Å²) in [6.07, 6.45) is 4.03. The first kappa shape index (κ1) is 6.73. The second-order valence-corrected chi connectivity index (χ2v) is 1.75. The summed E-state index contributed by atoms with van der Waals surface area (Å²) in [5.41, 5.74) is 0. The van der Waals surface area contributed by atoms with Gasteiger partial charge in [-0.15, -0.1) is 5.10 Å². The molecule has 1 radical (unpaired) electrons. The molecule has 0 amide bonds. The molecule has 0 spiro atoms. The van der Waals surface area contributed by atoms with Crippen LogP contribution in [-0.4, -0.2) is 26.1 Å². The molecular formula is C5H6N3O2. The largest absolute Gasteiger partial charge is 0.481 e. The number of carboxylic acid groups (broad SMARTS) is 1. The molecular weight excluding hydrogens is 134 g/mol. The minimum atomic E-state index is -0.838. The highest BCUT2D eigenvalue weighted by Gasteiger charge is 1.96. The number of aliphatic carboxylic acids is 1. The SMILES string of the molecule is O=C(O)CCn1c[c]nn1. The summed E-state index contributed by atoms with van der Waals surface area (Å²) in [5.74, 6) is -0.838. The molecule has 1 aromatic heterocycles. The lowest BCUT2D eigenvalue weighted by Crippen LogP contribution is -2.04. The first-order valence-corrected chi connectivity index (χ1v) is 2.77. The Bertz CT molecular complexity index is 207. The van der Waals surface area contributed by atoms with Gasteiger partial charge < -0.3 is 5.11 Å². The van der Waals surface area contributed by atoms with Crippen molar-refractivity contribution in [3.63, 3.8) is 0 Å². The maximum atomic E-state index is 10.0. The van der Waals surface area contributed by atoms with Crippen LogP contribution < -0.4 is 0 Å². The smallest absolute Gasteiger partial charge is 0.305 e. The van der Waals surface area contributed by atoms with Crippen LogP contribution in [0.4, 0.5) is 0 Å². The zero-order valence-corrected chi connectivity index (χ0v) is 5.19. The molecule has 10 heavy (non-hydrogen) atoms. The van der Waals surface area contributed by atoms with Crippen LogP contribution in [0.1, 0.15) is 6.42 Å². The van der Waals surface area contributed by atoms with Crippen molar-refractivity contribution in [2.45, 2.75) is 13.0 Å². The Balaban J connectivity index is 2.35. The van der Waals surface area contributed by atoms with E-state index in [1.165, 1.54) is 10.9 Å². The van der Waals surface area contributed by atoms with Crippen molar-refractivity contribution in [3.8, 4) is 0 Å². The summed E-state index contributed by atoms with van der Waals surface area (Å²) in [5, 5.41) is 15.2. The van der Waals surface area contributed by atoms with Gasteiger partial charge in [0, 0.05) is 0 Å². The molecule has 1 rings (SSSR count). The normalized spacial score (nSPS) is 9.60. The van der Waals surface area contributed by atoms with E-state index in [9.17, 15) is 4.79 Å². The Kier molecular flexibility index (Phi) is 1.99. The van der Waals surface area contributed by atoms with Gasteiger partial charge in [0.1, 0.15) is 6.20 Å². The topological polar surface area (TPSA) is 68.0 Å². The van der Waals surface area contributed by atoms with E-state index in [1.807, 2.05) is 0 Å². The molecule has 5 nitrogen and oxygen atoms in total. The van der Waals surface area contributed by atoms with Crippen molar-refractivity contribution in [2.24, 2.45) is 0 Å². The maximum absolute atomic E-state index is 10.0. The predicted molar refractivity (Wildman–Crippen MR) is 31.1 cm³/mol. The van der Waals surface area contributed by atoms with Gasteiger partial charge in [-0.2, -0.15) is 0 Å². The molecule has 1 N–H and O–H groups in total. The number of hydrogen-bond acceptors (Lipinski definition) is 3. The van der Waals surface area contributed by atoms with Crippen LogP contribution in [0.15, 0.2) is 6.20 Å². The quantitative estimate of drug-likeness (QED) is 0.617. The van der Waals surface area contributed by atoms with Crippen molar-refractivity contribution < 1.29 is 9.90 Å². The highest BCUT2D eigenvalue weighted by molar-refractivity contribution is 5.66. The van der Waals surface area contributed by atoms with Crippen LogP contribution in [0.25, 0.3) is 0 Å². The van der Waals surface area contributed by atoms with Gasteiger partial charge in [0.05, 0.1) is 19.2 Å². The van der Waals surface area contributed by atoms with E-state index < -0.39 is 5.97 Å². The molecule has 0 aromatic carbocycles. The van der Waals surface area contributed by atoms with Crippen LogP contribution in [0, 0.1) is 6.20 Å². The van der Waals surface area contributed by atoms with Crippen LogP contribution in [-0.2, 0) is 11.3 Å². The van der Waals surface area contributed by atoms with E-state index in [2.05, 4.69) is 16.5 Å². The Morgan fingerprint density at radius 3 is 3.10 bits per heavy atom. The second kappa shape index (κ2) is 2.95. The molecule has 1 aromatic rings. The van der Waals surface area contributed by atoms with E-state index >= 15 is 0 Å². The number of hydrogen-bond donors (Lipinski definition) is 1. The first-order valence-electron chi connectivity index (χ1n) is 2.77. The average Bonchev–Trinajstić information content (AvgIpc) is 2.34. The fourth-order valence-corrected chi connectivity index (χ4v) is 0.521. The number of rotatable bonds is 3. The molecule has 0 fully saturated rings. The predicted octanol–water partition coefficient (Wildman–Crippen LogP) is -0.447. The number of carboxylic acids is 1. The zero-order chi connectivity index (χ0) is 7.40. The van der Waals surface area contributed by atoms with Crippen molar-refractivity contribution in [1.82, 2.24) is 15.0 Å². The van der Waals surface area contributed by atoms with Gasteiger partial charge in [0.25, 0.3) is 0 Å². The van der Waals surface area contributed by atoms with Crippen LogP contribution in [0.3, 0.4) is 0 Å². The molecule has 53 valence electrons. The number of nitrogens with zero attached hydrogens (tertiary/aromatic N) is 3. The fraction of sp³-hybridized carbons (Fsp3) is 0.400. The van der Waals surface area contributed by atoms with Gasteiger partial charge in [-0.3, -0.25) is 9.48 Å². The maximum Gasteiger partial charge on any atom is 0.305 e. The van der Waals surface area contributed by atoms with Crippen LogP contribution in [0.5, 0.6) is 0 Å². The van der Waals surface area contributed by atoms with Gasteiger partial charge in [0.2, 0.25) is 0 Å². The van der Waals surface area contributed by atoms with E-state index in [0.717, 1.165) is 0 Å². The van der Waals surface area contributed by atoms with E-state index in [4.69, 9.17) is 5.11 Å². The summed E-state index contributed by atoms with van der Waals surface area (Å²) >= 11 is 0. The third-order valence-corrected chi connectivity index (χ3v) is 0.979. The van der Waals surface area contributed by atoms with E-state index in [1.54, 1.807) is 0 Å². The Labute approximate surface area is 57.3 Å². The van der Waals surface area contributed by atoms with E-state index in [0.29, 0.717) is 6.54 Å². The Morgan fingerprint density at radius 1 is 1.80 bits per heavy atom. The first-order chi connectivity index (χ1) is 4.79. The highest BCUT2D eigenvalue weighted by Crippen LogP contribution is 1.85. The number of aromatic nitrogens is 3. The van der Waals surface area contributed by atoms with Crippen molar-refractivity contribution in [2.75, 3.05) is 0 Å². The molecule has 0 bridgehead atoms. The Morgan fingerprint density at radius 2 is 2.60 bits per heavy atom. The molecule has 0 saturated carbocycles. The van der Waals surface area contributed by atoms with Gasteiger partial charge >= 0.3 is 5.97 Å².